The van der Waals surface area contributed by atoms with E-state index >= 15 is 0 Å². The summed E-state index contributed by atoms with van der Waals surface area (Å²) < 4.78 is 10.7. The van der Waals surface area contributed by atoms with E-state index in [-0.39, 0.29) is 6.42 Å². The van der Waals surface area contributed by atoms with Crippen LogP contribution < -0.4 is 0 Å². The van der Waals surface area contributed by atoms with E-state index in [0.717, 1.165) is 0 Å². The molecule has 0 aromatic heterocycles. The van der Waals surface area contributed by atoms with E-state index in [2.05, 4.69) is 0 Å². The summed E-state index contributed by atoms with van der Waals surface area (Å²) >= 11 is 0. The van der Waals surface area contributed by atoms with Gasteiger partial charge in [-0.2, -0.15) is 0 Å². The molecule has 1 saturated carbocycles. The van der Waals surface area contributed by atoms with Gasteiger partial charge in [0.2, 0.25) is 5.79 Å². The van der Waals surface area contributed by atoms with E-state index in [1.165, 1.54) is 0 Å². The highest BCUT2D eigenvalue weighted by Gasteiger charge is 2.57. The fourth-order valence-electron chi connectivity index (χ4n) is 3.10. The standard InChI is InChI=1S/C13H24O10/c14-2-5-1-6(9(18)11(20)8(5)17)22-13(4-16)12(21)10(19)7(3-15)23-13/h5-12,14-21H,1-4H2/t5?,6-,7?,8-,9?,10+,11-,12-,13-/m1/s1. The van der Waals surface area contributed by atoms with E-state index in [1.54, 1.807) is 0 Å². The summed E-state index contributed by atoms with van der Waals surface area (Å²) in [6.07, 6.45) is -10.2. The lowest BCUT2D eigenvalue weighted by Gasteiger charge is -2.43. The third kappa shape index (κ3) is 3.24. The number of ether oxygens (including phenoxy) is 2. The van der Waals surface area contributed by atoms with Crippen LogP contribution in [0.2, 0.25) is 0 Å². The predicted octanol–water partition coefficient (Wildman–Crippen LogP) is -4.73. The number of hydrogen-bond acceptors (Lipinski definition) is 10. The molecule has 0 amide bonds. The van der Waals surface area contributed by atoms with Gasteiger partial charge in [-0.15, -0.1) is 0 Å². The lowest BCUT2D eigenvalue weighted by atomic mass is 9.81. The topological polar surface area (TPSA) is 180 Å². The van der Waals surface area contributed by atoms with E-state index in [1.807, 2.05) is 0 Å². The van der Waals surface area contributed by atoms with Crippen LogP contribution in [0.25, 0.3) is 0 Å². The molecule has 1 heterocycles. The van der Waals surface area contributed by atoms with Gasteiger partial charge in [-0.05, 0) is 6.42 Å². The van der Waals surface area contributed by atoms with Crippen LogP contribution in [-0.2, 0) is 9.47 Å². The van der Waals surface area contributed by atoms with Crippen molar-refractivity contribution in [1.82, 2.24) is 0 Å². The van der Waals surface area contributed by atoms with Gasteiger partial charge in [0, 0.05) is 12.5 Å². The summed E-state index contributed by atoms with van der Waals surface area (Å²) in [5.74, 6) is -2.88. The third-order valence-corrected chi connectivity index (χ3v) is 4.59. The molecule has 2 rings (SSSR count). The van der Waals surface area contributed by atoms with Crippen LogP contribution in [-0.4, -0.2) is 109 Å². The Balaban J connectivity index is 2.18. The van der Waals surface area contributed by atoms with Crippen LogP contribution >= 0.6 is 0 Å². The zero-order chi connectivity index (χ0) is 17.4. The molecule has 136 valence electrons. The molecule has 1 aliphatic heterocycles. The molecule has 23 heavy (non-hydrogen) atoms. The Morgan fingerprint density at radius 3 is 2.00 bits per heavy atom. The maximum absolute atomic E-state index is 10.1. The Hall–Kier alpha value is -0.400. The minimum atomic E-state index is -2.10. The Labute approximate surface area is 132 Å². The molecule has 0 aromatic rings. The quantitative estimate of drug-likeness (QED) is 0.242. The number of hydrogen-bond donors (Lipinski definition) is 8. The van der Waals surface area contributed by atoms with Gasteiger partial charge in [0.1, 0.15) is 37.1 Å². The summed E-state index contributed by atoms with van der Waals surface area (Å²) in [5.41, 5.74) is 0. The smallest absolute Gasteiger partial charge is 0.221 e. The van der Waals surface area contributed by atoms with Crippen molar-refractivity contribution < 1.29 is 50.3 Å². The van der Waals surface area contributed by atoms with Crippen LogP contribution in [0.3, 0.4) is 0 Å². The summed E-state index contributed by atoms with van der Waals surface area (Å²) in [6.45, 7) is -1.98. The third-order valence-electron chi connectivity index (χ3n) is 4.59. The van der Waals surface area contributed by atoms with E-state index in [4.69, 9.17) is 14.6 Å². The molecule has 10 nitrogen and oxygen atoms in total. The van der Waals surface area contributed by atoms with Crippen LogP contribution in [0.4, 0.5) is 0 Å². The van der Waals surface area contributed by atoms with Crippen LogP contribution in [0.15, 0.2) is 0 Å². The Bertz CT molecular complexity index is 393. The van der Waals surface area contributed by atoms with Gasteiger partial charge in [-0.3, -0.25) is 0 Å². The SMILES string of the molecule is OCC1C[C@@H](O[C@]2(CO)OC(CO)[C@H](O)[C@H]2O)C(O)[C@H](O)[C@@H]1O. The molecule has 10 heteroatoms. The van der Waals surface area contributed by atoms with Crippen molar-refractivity contribution in [3.63, 3.8) is 0 Å². The first kappa shape index (κ1) is 18.9. The summed E-state index contributed by atoms with van der Waals surface area (Å²) in [7, 11) is 0. The molecule has 0 radical (unpaired) electrons. The Morgan fingerprint density at radius 2 is 1.52 bits per heavy atom. The number of rotatable bonds is 5. The van der Waals surface area contributed by atoms with Crippen molar-refractivity contribution in [1.29, 1.82) is 0 Å². The minimum absolute atomic E-state index is 0.0758. The second kappa shape index (κ2) is 7.23. The van der Waals surface area contributed by atoms with Crippen molar-refractivity contribution in [3.05, 3.63) is 0 Å². The maximum atomic E-state index is 10.1. The van der Waals surface area contributed by atoms with Gasteiger partial charge in [0.05, 0.1) is 18.8 Å². The molecule has 2 aliphatic rings. The van der Waals surface area contributed by atoms with Crippen molar-refractivity contribution in [2.45, 2.75) is 54.9 Å². The normalized spacial score (nSPS) is 51.1. The zero-order valence-electron chi connectivity index (χ0n) is 12.3. The Morgan fingerprint density at radius 1 is 0.870 bits per heavy atom. The van der Waals surface area contributed by atoms with E-state index < -0.39 is 74.3 Å². The van der Waals surface area contributed by atoms with Crippen LogP contribution in [0.1, 0.15) is 6.42 Å². The highest BCUT2D eigenvalue weighted by molar-refractivity contribution is 5.00. The fourth-order valence-corrected chi connectivity index (χ4v) is 3.10. The molecule has 8 N–H and O–H groups in total. The predicted molar refractivity (Wildman–Crippen MR) is 71.9 cm³/mol. The van der Waals surface area contributed by atoms with Crippen molar-refractivity contribution in [3.8, 4) is 0 Å². The highest BCUT2D eigenvalue weighted by atomic mass is 16.7. The molecule has 1 aliphatic carbocycles. The molecule has 1 saturated heterocycles. The van der Waals surface area contributed by atoms with E-state index in [9.17, 15) is 35.7 Å². The Kier molecular flexibility index (Phi) is 5.95. The van der Waals surface area contributed by atoms with Crippen LogP contribution in [0, 0.1) is 5.92 Å². The van der Waals surface area contributed by atoms with Crippen molar-refractivity contribution in [2.24, 2.45) is 5.92 Å². The van der Waals surface area contributed by atoms with Crippen molar-refractivity contribution in [2.75, 3.05) is 19.8 Å². The average molecular weight is 340 g/mol. The summed E-state index contributed by atoms with van der Waals surface area (Å²) in [5, 5.41) is 77.3. The average Bonchev–Trinajstić information content (AvgIpc) is 2.80. The first-order valence-corrected chi connectivity index (χ1v) is 7.39. The van der Waals surface area contributed by atoms with Gasteiger partial charge in [0.15, 0.2) is 0 Å². The second-order valence-electron chi connectivity index (χ2n) is 6.05. The highest BCUT2D eigenvalue weighted by Crippen LogP contribution is 2.37. The van der Waals surface area contributed by atoms with Gasteiger partial charge in [0.25, 0.3) is 0 Å². The summed E-state index contributed by atoms with van der Waals surface area (Å²) in [4.78, 5) is 0. The second-order valence-corrected chi connectivity index (χ2v) is 6.05. The molecule has 0 spiro atoms. The van der Waals surface area contributed by atoms with Crippen molar-refractivity contribution >= 4 is 0 Å². The maximum Gasteiger partial charge on any atom is 0.221 e. The monoisotopic (exact) mass is 340 g/mol. The number of aliphatic hydroxyl groups is 8. The molecular weight excluding hydrogens is 316 g/mol. The molecule has 3 unspecified atom stereocenters. The summed E-state index contributed by atoms with van der Waals surface area (Å²) in [6, 6.07) is 0. The molecule has 0 bridgehead atoms. The fraction of sp³-hybridized carbons (Fsp3) is 1.00. The molecule has 0 aromatic carbocycles. The first-order valence-electron chi connectivity index (χ1n) is 7.39. The first-order chi connectivity index (χ1) is 10.8. The molecule has 2 fully saturated rings. The largest absolute Gasteiger partial charge is 0.396 e. The minimum Gasteiger partial charge on any atom is -0.396 e. The van der Waals surface area contributed by atoms with Gasteiger partial charge in [-0.25, -0.2) is 0 Å². The lowest BCUT2D eigenvalue weighted by molar-refractivity contribution is -0.319. The van der Waals surface area contributed by atoms with Gasteiger partial charge < -0.3 is 50.3 Å². The lowest BCUT2D eigenvalue weighted by Crippen LogP contribution is -2.59. The number of aliphatic hydroxyl groups excluding tert-OH is 8. The molecule has 9 atom stereocenters. The van der Waals surface area contributed by atoms with E-state index in [0.29, 0.717) is 0 Å². The molecular formula is C13H24O10. The van der Waals surface area contributed by atoms with Crippen LogP contribution in [0.5, 0.6) is 0 Å². The van der Waals surface area contributed by atoms with Gasteiger partial charge in [-0.1, -0.05) is 0 Å². The van der Waals surface area contributed by atoms with Gasteiger partial charge >= 0.3 is 0 Å². The zero-order valence-corrected chi connectivity index (χ0v) is 12.3.